The molecule has 0 spiro atoms. The van der Waals surface area contributed by atoms with E-state index in [1.165, 1.54) is 30.0 Å². The van der Waals surface area contributed by atoms with Crippen molar-refractivity contribution in [2.75, 3.05) is 12.4 Å². The molecule has 0 aliphatic heterocycles. The highest BCUT2D eigenvalue weighted by atomic mass is 35.5. The molecule has 3 aromatic rings. The van der Waals surface area contributed by atoms with Gasteiger partial charge in [0.25, 0.3) is 5.56 Å². The van der Waals surface area contributed by atoms with Gasteiger partial charge < -0.3 is 10.1 Å². The molecule has 0 saturated carbocycles. The number of benzene rings is 2. The fraction of sp³-hybridized carbons (Fsp3) is 0.200. The molecule has 9 heteroatoms. The van der Waals surface area contributed by atoms with E-state index in [-0.39, 0.29) is 18.2 Å². The molecule has 1 aromatic heterocycles. The van der Waals surface area contributed by atoms with Gasteiger partial charge in [-0.3, -0.25) is 9.36 Å². The smallest absolute Gasteiger partial charge is 0.416 e. The molecule has 3 rings (SSSR count). The number of anilines is 2. The van der Waals surface area contributed by atoms with Crippen LogP contribution in [0.3, 0.4) is 0 Å². The molecule has 0 fully saturated rings. The molecule has 152 valence electrons. The van der Waals surface area contributed by atoms with Gasteiger partial charge in [-0.2, -0.15) is 13.2 Å². The molecule has 5 nitrogen and oxygen atoms in total. The highest BCUT2D eigenvalue weighted by Crippen LogP contribution is 2.29. The van der Waals surface area contributed by atoms with Crippen molar-refractivity contribution < 1.29 is 17.9 Å². The second kappa shape index (κ2) is 8.16. The van der Waals surface area contributed by atoms with E-state index in [0.29, 0.717) is 16.3 Å². The number of nitrogens with one attached hydrogen (secondary N) is 1. The average Bonchev–Trinajstić information content (AvgIpc) is 2.68. The SMILES string of the molecule is COc1cnc(Nc2cccc(Cl)c2C)n(Cc2ccc(C(F)(F)F)cc2)c1=O. The van der Waals surface area contributed by atoms with Gasteiger partial charge in [-0.05, 0) is 42.3 Å². The maximum Gasteiger partial charge on any atom is 0.416 e. The highest BCUT2D eigenvalue weighted by molar-refractivity contribution is 6.31. The van der Waals surface area contributed by atoms with E-state index in [9.17, 15) is 18.0 Å². The summed E-state index contributed by atoms with van der Waals surface area (Å²) in [7, 11) is 1.34. The van der Waals surface area contributed by atoms with Crippen LogP contribution in [0.5, 0.6) is 5.75 Å². The molecule has 2 aromatic carbocycles. The van der Waals surface area contributed by atoms with Crippen molar-refractivity contribution in [3.05, 3.63) is 80.7 Å². The molecule has 0 aliphatic rings. The molecule has 0 bridgehead atoms. The van der Waals surface area contributed by atoms with E-state index < -0.39 is 17.3 Å². The van der Waals surface area contributed by atoms with Crippen LogP contribution in [0.15, 0.2) is 53.5 Å². The summed E-state index contributed by atoms with van der Waals surface area (Å²) in [5, 5.41) is 3.60. The number of methoxy groups -OCH3 is 1. The maximum atomic E-state index is 12.8. The van der Waals surface area contributed by atoms with Gasteiger partial charge in [0.05, 0.1) is 25.4 Å². The lowest BCUT2D eigenvalue weighted by atomic mass is 10.1. The van der Waals surface area contributed by atoms with Crippen molar-refractivity contribution in [3.8, 4) is 5.75 Å². The topological polar surface area (TPSA) is 56.1 Å². The summed E-state index contributed by atoms with van der Waals surface area (Å²) < 4.78 is 44.7. The second-order valence-electron chi connectivity index (χ2n) is 6.27. The largest absolute Gasteiger partial charge is 0.490 e. The van der Waals surface area contributed by atoms with E-state index >= 15 is 0 Å². The molecule has 29 heavy (non-hydrogen) atoms. The van der Waals surface area contributed by atoms with Crippen molar-refractivity contribution in [3.63, 3.8) is 0 Å². The Morgan fingerprint density at radius 1 is 1.17 bits per heavy atom. The minimum atomic E-state index is -4.43. The average molecular weight is 424 g/mol. The fourth-order valence-corrected chi connectivity index (χ4v) is 2.88. The van der Waals surface area contributed by atoms with Gasteiger partial charge in [0.15, 0.2) is 0 Å². The number of hydrogen-bond donors (Lipinski definition) is 1. The van der Waals surface area contributed by atoms with Crippen LogP contribution >= 0.6 is 11.6 Å². The van der Waals surface area contributed by atoms with Gasteiger partial charge in [-0.25, -0.2) is 4.98 Å². The number of rotatable bonds is 5. The Balaban J connectivity index is 2.00. The Kier molecular flexibility index (Phi) is 5.83. The van der Waals surface area contributed by atoms with Gasteiger partial charge in [0, 0.05) is 10.7 Å². The zero-order chi connectivity index (χ0) is 21.2. The van der Waals surface area contributed by atoms with Crippen LogP contribution in [-0.4, -0.2) is 16.7 Å². The van der Waals surface area contributed by atoms with E-state index in [1.54, 1.807) is 18.2 Å². The lowest BCUT2D eigenvalue weighted by molar-refractivity contribution is -0.137. The molecule has 0 saturated heterocycles. The van der Waals surface area contributed by atoms with Crippen LogP contribution in [0, 0.1) is 6.92 Å². The molecule has 0 aliphatic carbocycles. The number of halogens is 4. The number of hydrogen-bond acceptors (Lipinski definition) is 4. The second-order valence-corrected chi connectivity index (χ2v) is 6.68. The van der Waals surface area contributed by atoms with Gasteiger partial charge >= 0.3 is 6.18 Å². The van der Waals surface area contributed by atoms with Crippen LogP contribution in [-0.2, 0) is 12.7 Å². The van der Waals surface area contributed by atoms with Crippen LogP contribution in [0.4, 0.5) is 24.8 Å². The summed E-state index contributed by atoms with van der Waals surface area (Å²) in [6, 6.07) is 9.86. The fourth-order valence-electron chi connectivity index (χ4n) is 2.71. The van der Waals surface area contributed by atoms with Gasteiger partial charge in [-0.1, -0.05) is 29.8 Å². The first-order chi connectivity index (χ1) is 13.7. The zero-order valence-electron chi connectivity index (χ0n) is 15.5. The van der Waals surface area contributed by atoms with Crippen LogP contribution in [0.25, 0.3) is 0 Å². The van der Waals surface area contributed by atoms with Crippen molar-refractivity contribution in [1.82, 2.24) is 9.55 Å². The number of alkyl halides is 3. The summed E-state index contributed by atoms with van der Waals surface area (Å²) in [6.07, 6.45) is -3.14. The minimum absolute atomic E-state index is 0.00309. The van der Waals surface area contributed by atoms with E-state index in [4.69, 9.17) is 16.3 Å². The maximum absolute atomic E-state index is 12.8. The Hall–Kier alpha value is -3.00. The first-order valence-corrected chi connectivity index (χ1v) is 8.90. The Morgan fingerprint density at radius 3 is 2.48 bits per heavy atom. The molecule has 0 amide bonds. The molecule has 1 heterocycles. The third-order valence-electron chi connectivity index (χ3n) is 4.37. The van der Waals surface area contributed by atoms with Crippen molar-refractivity contribution in [2.45, 2.75) is 19.6 Å². The molecule has 1 N–H and O–H groups in total. The highest BCUT2D eigenvalue weighted by Gasteiger charge is 2.30. The number of aromatic nitrogens is 2. The van der Waals surface area contributed by atoms with Gasteiger partial charge in [-0.15, -0.1) is 0 Å². The third kappa shape index (κ3) is 4.54. The standard InChI is InChI=1S/C20H17ClF3N3O2/c1-12-15(21)4-3-5-16(12)26-19-25-10-17(29-2)18(28)27(19)11-13-6-8-14(9-7-13)20(22,23)24/h3-10H,11H2,1-2H3,(H,25,26). The molecule has 0 unspecified atom stereocenters. The molecule has 0 atom stereocenters. The lowest BCUT2D eigenvalue weighted by Gasteiger charge is -2.16. The zero-order valence-corrected chi connectivity index (χ0v) is 16.3. The van der Waals surface area contributed by atoms with Crippen molar-refractivity contribution >= 4 is 23.2 Å². The first kappa shape index (κ1) is 20.7. The summed E-state index contributed by atoms with van der Waals surface area (Å²) in [5.41, 5.74) is 0.687. The Labute approximate surface area is 169 Å². The Bertz CT molecular complexity index is 1080. The third-order valence-corrected chi connectivity index (χ3v) is 4.78. The number of ether oxygens (including phenoxy) is 1. The van der Waals surface area contributed by atoms with E-state index in [0.717, 1.165) is 17.7 Å². The monoisotopic (exact) mass is 423 g/mol. The summed E-state index contributed by atoms with van der Waals surface area (Å²) in [5.74, 6) is 0.228. The number of nitrogens with zero attached hydrogens (tertiary/aromatic N) is 2. The first-order valence-electron chi connectivity index (χ1n) is 8.53. The van der Waals surface area contributed by atoms with Crippen molar-refractivity contribution in [1.29, 1.82) is 0 Å². The molecular formula is C20H17ClF3N3O2. The molecular weight excluding hydrogens is 407 g/mol. The quantitative estimate of drug-likeness (QED) is 0.625. The van der Waals surface area contributed by atoms with Crippen LogP contribution in [0.1, 0.15) is 16.7 Å². The summed E-state index contributed by atoms with van der Waals surface area (Å²) in [6.45, 7) is 1.82. The van der Waals surface area contributed by atoms with Gasteiger partial charge in [0.2, 0.25) is 11.7 Å². The van der Waals surface area contributed by atoms with Gasteiger partial charge in [0.1, 0.15) is 0 Å². The molecule has 0 radical (unpaired) electrons. The van der Waals surface area contributed by atoms with Crippen LogP contribution < -0.4 is 15.6 Å². The normalized spacial score (nSPS) is 11.4. The summed E-state index contributed by atoms with van der Waals surface area (Å²) in [4.78, 5) is 17.0. The summed E-state index contributed by atoms with van der Waals surface area (Å²) >= 11 is 6.14. The Morgan fingerprint density at radius 2 is 1.86 bits per heavy atom. The van der Waals surface area contributed by atoms with E-state index in [2.05, 4.69) is 10.3 Å². The van der Waals surface area contributed by atoms with Crippen LogP contribution in [0.2, 0.25) is 5.02 Å². The van der Waals surface area contributed by atoms with Crippen molar-refractivity contribution in [2.24, 2.45) is 0 Å². The van der Waals surface area contributed by atoms with E-state index in [1.807, 2.05) is 6.92 Å². The minimum Gasteiger partial charge on any atom is -0.490 e. The lowest BCUT2D eigenvalue weighted by Crippen LogP contribution is -2.25. The predicted molar refractivity (Wildman–Crippen MR) is 105 cm³/mol. The predicted octanol–water partition coefficient (Wildman–Crippen LogP) is 5.02.